The summed E-state index contributed by atoms with van der Waals surface area (Å²) in [5, 5.41) is 0. The third-order valence-electron chi connectivity index (χ3n) is 2.54. The van der Waals surface area contributed by atoms with Gasteiger partial charge in [0.15, 0.2) is 0 Å². The van der Waals surface area contributed by atoms with Crippen LogP contribution in [0.1, 0.15) is 18.9 Å². The van der Waals surface area contributed by atoms with E-state index in [1.807, 2.05) is 0 Å². The molecule has 0 amide bonds. The fraction of sp³-hybridized carbons (Fsp3) is 0.417. The van der Waals surface area contributed by atoms with Crippen LogP contribution in [0.3, 0.4) is 0 Å². The molecule has 0 spiro atoms. The van der Waals surface area contributed by atoms with Gasteiger partial charge in [-0.1, -0.05) is 6.92 Å². The van der Waals surface area contributed by atoms with E-state index in [9.17, 15) is 17.6 Å². The highest BCUT2D eigenvalue weighted by atomic mass is 32.2. The third-order valence-corrected chi connectivity index (χ3v) is 3.77. The van der Waals surface area contributed by atoms with Crippen molar-refractivity contribution in [1.82, 2.24) is 0 Å². The molecule has 0 saturated heterocycles. The van der Waals surface area contributed by atoms with E-state index in [0.717, 1.165) is 18.2 Å². The maximum Gasteiger partial charge on any atom is 0.341 e. The van der Waals surface area contributed by atoms with Crippen LogP contribution < -0.4 is 5.73 Å². The van der Waals surface area contributed by atoms with Crippen LogP contribution in [0.25, 0.3) is 0 Å². The Hall–Kier alpha value is -1.47. The van der Waals surface area contributed by atoms with Crippen molar-refractivity contribution in [3.05, 3.63) is 29.6 Å². The zero-order valence-corrected chi connectivity index (χ0v) is 11.5. The van der Waals surface area contributed by atoms with E-state index in [-0.39, 0.29) is 29.3 Å². The topological polar surface area (TPSA) is 86.5 Å². The lowest BCUT2D eigenvalue weighted by Crippen LogP contribution is -2.19. The molecule has 1 unspecified atom stereocenters. The van der Waals surface area contributed by atoms with Gasteiger partial charge in [-0.3, -0.25) is 4.79 Å². The van der Waals surface area contributed by atoms with Crippen LogP contribution in [0.5, 0.6) is 0 Å². The predicted octanol–water partition coefficient (Wildman–Crippen LogP) is 1.35. The van der Waals surface area contributed by atoms with Crippen LogP contribution in [0.4, 0.5) is 4.39 Å². The maximum absolute atomic E-state index is 13.1. The van der Waals surface area contributed by atoms with Crippen molar-refractivity contribution in [3.8, 4) is 0 Å². The van der Waals surface area contributed by atoms with Gasteiger partial charge in [-0.15, -0.1) is 0 Å². The van der Waals surface area contributed by atoms with Crippen LogP contribution in [0.15, 0.2) is 23.1 Å². The third kappa shape index (κ3) is 4.29. The monoisotopic (exact) mass is 289 g/mol. The SMILES string of the molecule is Cc1cc(S(=O)(=O)OC(=O)CC(C)CN)ccc1F. The van der Waals surface area contributed by atoms with E-state index < -0.39 is 21.9 Å². The van der Waals surface area contributed by atoms with E-state index >= 15 is 0 Å². The van der Waals surface area contributed by atoms with Crippen molar-refractivity contribution in [3.63, 3.8) is 0 Å². The molecular formula is C12H16FNO4S. The van der Waals surface area contributed by atoms with Crippen LogP contribution in [0, 0.1) is 18.7 Å². The summed E-state index contributed by atoms with van der Waals surface area (Å²) >= 11 is 0. The molecular weight excluding hydrogens is 273 g/mol. The zero-order valence-electron chi connectivity index (χ0n) is 10.7. The van der Waals surface area contributed by atoms with Gasteiger partial charge in [0.25, 0.3) is 0 Å². The Morgan fingerprint density at radius 2 is 2.11 bits per heavy atom. The first kappa shape index (κ1) is 15.6. The second-order valence-corrected chi connectivity index (χ2v) is 5.91. The summed E-state index contributed by atoms with van der Waals surface area (Å²) < 4.78 is 41.1. The summed E-state index contributed by atoms with van der Waals surface area (Å²) in [5.41, 5.74) is 5.49. The predicted molar refractivity (Wildman–Crippen MR) is 67.3 cm³/mol. The molecule has 0 aliphatic carbocycles. The number of carbonyl (C=O) groups excluding carboxylic acids is 1. The summed E-state index contributed by atoms with van der Waals surface area (Å²) in [6.45, 7) is 3.38. The lowest BCUT2D eigenvalue weighted by molar-refractivity contribution is -0.134. The van der Waals surface area contributed by atoms with Gasteiger partial charge in [0.2, 0.25) is 0 Å². The zero-order chi connectivity index (χ0) is 14.6. The summed E-state index contributed by atoms with van der Waals surface area (Å²) in [4.78, 5) is 11.2. The van der Waals surface area contributed by atoms with Gasteiger partial charge in [-0.25, -0.2) is 4.39 Å². The molecule has 0 heterocycles. The summed E-state index contributed by atoms with van der Waals surface area (Å²) in [6, 6.07) is 3.18. The quantitative estimate of drug-likeness (QED) is 0.827. The molecule has 0 bridgehead atoms. The Morgan fingerprint density at radius 3 is 2.63 bits per heavy atom. The first-order valence-corrected chi connectivity index (χ1v) is 7.10. The number of aryl methyl sites for hydroxylation is 1. The Bertz CT molecular complexity index is 571. The number of rotatable bonds is 5. The molecule has 1 aromatic rings. The summed E-state index contributed by atoms with van der Waals surface area (Å²) in [7, 11) is -4.21. The second kappa shape index (κ2) is 6.12. The van der Waals surface area contributed by atoms with Crippen LogP contribution in [-0.4, -0.2) is 20.9 Å². The van der Waals surface area contributed by atoms with Gasteiger partial charge in [-0.2, -0.15) is 8.42 Å². The fourth-order valence-corrected chi connectivity index (χ4v) is 2.31. The Kier molecular flexibility index (Phi) is 5.02. The lowest BCUT2D eigenvalue weighted by Gasteiger charge is -2.09. The maximum atomic E-state index is 13.1. The van der Waals surface area contributed by atoms with Gasteiger partial charge in [0, 0.05) is 0 Å². The molecule has 0 aromatic heterocycles. The minimum Gasteiger partial charge on any atom is -0.342 e. The highest BCUT2D eigenvalue weighted by molar-refractivity contribution is 7.87. The molecule has 1 aromatic carbocycles. The number of benzene rings is 1. The van der Waals surface area contributed by atoms with Gasteiger partial charge in [0.1, 0.15) is 10.7 Å². The molecule has 19 heavy (non-hydrogen) atoms. The molecule has 106 valence electrons. The minimum absolute atomic E-state index is 0.0874. The highest BCUT2D eigenvalue weighted by Crippen LogP contribution is 2.17. The molecule has 1 rings (SSSR count). The molecule has 7 heteroatoms. The van der Waals surface area contributed by atoms with Crippen molar-refractivity contribution in [2.45, 2.75) is 25.2 Å². The highest BCUT2D eigenvalue weighted by Gasteiger charge is 2.22. The van der Waals surface area contributed by atoms with Gasteiger partial charge in [0.05, 0.1) is 6.42 Å². The standard InChI is InChI=1S/C12H16FNO4S/c1-8(7-14)5-12(15)18-19(16,17)10-3-4-11(13)9(2)6-10/h3-4,6,8H,5,7,14H2,1-2H3. The minimum atomic E-state index is -4.21. The van der Waals surface area contributed by atoms with Crippen LogP contribution in [0.2, 0.25) is 0 Å². The van der Waals surface area contributed by atoms with Crippen molar-refractivity contribution in [1.29, 1.82) is 0 Å². The lowest BCUT2D eigenvalue weighted by atomic mass is 10.1. The largest absolute Gasteiger partial charge is 0.342 e. The molecule has 1 atom stereocenters. The van der Waals surface area contributed by atoms with Crippen LogP contribution >= 0.6 is 0 Å². The number of nitrogens with two attached hydrogens (primary N) is 1. The summed E-state index contributed by atoms with van der Waals surface area (Å²) in [6.07, 6.45) is -0.0874. The number of carbonyl (C=O) groups is 1. The smallest absolute Gasteiger partial charge is 0.341 e. The molecule has 5 nitrogen and oxygen atoms in total. The van der Waals surface area contributed by atoms with E-state index in [0.29, 0.717) is 0 Å². The van der Waals surface area contributed by atoms with Crippen molar-refractivity contribution in [2.24, 2.45) is 11.7 Å². The fourth-order valence-electron chi connectivity index (χ4n) is 1.35. The van der Waals surface area contributed by atoms with Crippen molar-refractivity contribution >= 4 is 16.1 Å². The molecule has 0 aliphatic heterocycles. The van der Waals surface area contributed by atoms with Gasteiger partial charge >= 0.3 is 16.1 Å². The first-order chi connectivity index (χ1) is 8.76. The Balaban J connectivity index is 2.86. The van der Waals surface area contributed by atoms with E-state index in [2.05, 4.69) is 4.18 Å². The van der Waals surface area contributed by atoms with E-state index in [4.69, 9.17) is 5.73 Å². The average Bonchev–Trinajstić information content (AvgIpc) is 2.31. The Morgan fingerprint density at radius 1 is 1.47 bits per heavy atom. The molecule has 2 N–H and O–H groups in total. The second-order valence-electron chi connectivity index (χ2n) is 4.37. The molecule has 0 fully saturated rings. The normalized spacial score (nSPS) is 13.1. The Labute approximate surface area is 111 Å². The van der Waals surface area contributed by atoms with Gasteiger partial charge < -0.3 is 9.92 Å². The molecule has 0 radical (unpaired) electrons. The molecule has 0 saturated carbocycles. The van der Waals surface area contributed by atoms with Crippen molar-refractivity contribution < 1.29 is 21.8 Å². The van der Waals surface area contributed by atoms with E-state index in [1.54, 1.807) is 6.92 Å². The van der Waals surface area contributed by atoms with Gasteiger partial charge in [-0.05, 0) is 43.1 Å². The van der Waals surface area contributed by atoms with Crippen LogP contribution in [-0.2, 0) is 19.1 Å². The number of hydrogen-bond acceptors (Lipinski definition) is 5. The van der Waals surface area contributed by atoms with E-state index in [1.165, 1.54) is 6.92 Å². The first-order valence-electron chi connectivity index (χ1n) is 5.70. The van der Waals surface area contributed by atoms with Crippen molar-refractivity contribution in [2.75, 3.05) is 6.54 Å². The number of halogens is 1. The number of hydrogen-bond donors (Lipinski definition) is 1. The molecule has 0 aliphatic rings. The average molecular weight is 289 g/mol. The summed E-state index contributed by atoms with van der Waals surface area (Å²) in [5.74, 6) is -1.57.